The van der Waals surface area contributed by atoms with E-state index in [1.54, 1.807) is 11.3 Å². The molecule has 1 atom stereocenters. The van der Waals surface area contributed by atoms with E-state index in [1.807, 2.05) is 37.9 Å². The molecule has 0 spiro atoms. The van der Waals surface area contributed by atoms with Crippen molar-refractivity contribution in [1.82, 2.24) is 25.2 Å². The molecule has 1 fully saturated rings. The van der Waals surface area contributed by atoms with Crippen molar-refractivity contribution in [3.8, 4) is 0 Å². The first-order valence-corrected chi connectivity index (χ1v) is 9.92. The van der Waals surface area contributed by atoms with E-state index in [0.29, 0.717) is 12.5 Å². The number of nitrogens with one attached hydrogen (secondary N) is 2. The van der Waals surface area contributed by atoms with Crippen LogP contribution in [0.5, 0.6) is 0 Å². The average Bonchev–Trinajstić information content (AvgIpc) is 2.99. The Morgan fingerprint density at radius 2 is 2.23 bits per heavy atom. The fourth-order valence-corrected chi connectivity index (χ4v) is 3.97. The molecule has 0 aliphatic carbocycles. The van der Waals surface area contributed by atoms with E-state index < -0.39 is 0 Å². The summed E-state index contributed by atoms with van der Waals surface area (Å²) in [4.78, 5) is 28.6. The van der Waals surface area contributed by atoms with Gasteiger partial charge in [-0.3, -0.25) is 0 Å². The Kier molecular flexibility index (Phi) is 6.03. The summed E-state index contributed by atoms with van der Waals surface area (Å²) in [7, 11) is 0. The summed E-state index contributed by atoms with van der Waals surface area (Å²) in [6.45, 7) is 8.16. The number of urea groups is 1. The van der Waals surface area contributed by atoms with Crippen LogP contribution in [0.4, 0.5) is 15.7 Å². The van der Waals surface area contributed by atoms with Gasteiger partial charge in [0.1, 0.15) is 11.6 Å². The quantitative estimate of drug-likeness (QED) is 0.839. The number of aryl methyl sites for hydroxylation is 2. The van der Waals surface area contributed by atoms with Crippen molar-refractivity contribution < 1.29 is 4.79 Å². The lowest BCUT2D eigenvalue weighted by molar-refractivity contribution is 0.165. The van der Waals surface area contributed by atoms with Crippen molar-refractivity contribution in [3.63, 3.8) is 0 Å². The fourth-order valence-electron chi connectivity index (χ4n) is 3.30. The van der Waals surface area contributed by atoms with E-state index in [9.17, 15) is 4.79 Å². The second-order valence-corrected chi connectivity index (χ2v) is 7.92. The number of rotatable bonds is 5. The Labute approximate surface area is 158 Å². The maximum Gasteiger partial charge on any atom is 0.317 e. The number of likely N-dealkylation sites (tertiary alicyclic amines) is 1. The SMILES string of the molecule is CCNC(=O)N1CCCC(Cc2cc(Nc3ncc(C)s3)nc(C)n2)C1. The fraction of sp³-hybridized carbons (Fsp3) is 0.556. The van der Waals surface area contributed by atoms with Crippen LogP contribution in [0.25, 0.3) is 0 Å². The van der Waals surface area contributed by atoms with Crippen molar-refractivity contribution >= 4 is 28.3 Å². The van der Waals surface area contributed by atoms with Crippen LogP contribution < -0.4 is 10.6 Å². The van der Waals surface area contributed by atoms with E-state index in [2.05, 4.69) is 25.6 Å². The largest absolute Gasteiger partial charge is 0.338 e. The smallest absolute Gasteiger partial charge is 0.317 e. The number of amides is 2. The van der Waals surface area contributed by atoms with Gasteiger partial charge in [-0.2, -0.15) is 0 Å². The van der Waals surface area contributed by atoms with Gasteiger partial charge < -0.3 is 15.5 Å². The van der Waals surface area contributed by atoms with Gasteiger partial charge >= 0.3 is 6.03 Å². The maximum absolute atomic E-state index is 12.1. The molecule has 0 aromatic carbocycles. The van der Waals surface area contributed by atoms with Crippen molar-refractivity contribution in [3.05, 3.63) is 28.7 Å². The number of hydrogen-bond acceptors (Lipinski definition) is 6. The lowest BCUT2D eigenvalue weighted by Gasteiger charge is -2.32. The third-order valence-corrected chi connectivity index (χ3v) is 5.21. The lowest BCUT2D eigenvalue weighted by Crippen LogP contribution is -2.45. The Bertz CT molecular complexity index is 762. The highest BCUT2D eigenvalue weighted by Crippen LogP contribution is 2.24. The number of hydrogen-bond donors (Lipinski definition) is 2. The molecule has 2 aromatic rings. The van der Waals surface area contributed by atoms with E-state index in [1.165, 1.54) is 0 Å². The predicted octanol–water partition coefficient (Wildman–Crippen LogP) is 3.28. The molecule has 0 radical (unpaired) electrons. The minimum Gasteiger partial charge on any atom is -0.338 e. The van der Waals surface area contributed by atoms with Crippen LogP contribution in [0.1, 0.15) is 36.2 Å². The Morgan fingerprint density at radius 1 is 1.38 bits per heavy atom. The molecular weight excluding hydrogens is 348 g/mol. The van der Waals surface area contributed by atoms with Gasteiger partial charge in [-0.25, -0.2) is 19.7 Å². The van der Waals surface area contributed by atoms with Crippen LogP contribution in [-0.2, 0) is 6.42 Å². The van der Waals surface area contributed by atoms with Gasteiger partial charge in [0.15, 0.2) is 5.13 Å². The van der Waals surface area contributed by atoms with Gasteiger partial charge in [0.25, 0.3) is 0 Å². The molecule has 0 saturated carbocycles. The molecule has 1 saturated heterocycles. The van der Waals surface area contributed by atoms with Gasteiger partial charge in [0, 0.05) is 42.5 Å². The number of piperidine rings is 1. The van der Waals surface area contributed by atoms with Crippen molar-refractivity contribution in [2.75, 3.05) is 25.0 Å². The predicted molar refractivity (Wildman–Crippen MR) is 104 cm³/mol. The number of anilines is 2. The van der Waals surface area contributed by atoms with E-state index in [0.717, 1.165) is 59.7 Å². The van der Waals surface area contributed by atoms with Crippen molar-refractivity contribution in [2.45, 2.75) is 40.0 Å². The highest BCUT2D eigenvalue weighted by Gasteiger charge is 2.24. The normalized spacial score (nSPS) is 17.2. The number of carbonyl (C=O) groups is 1. The summed E-state index contributed by atoms with van der Waals surface area (Å²) in [5.74, 6) is 1.95. The van der Waals surface area contributed by atoms with Crippen molar-refractivity contribution in [2.24, 2.45) is 5.92 Å². The number of thiazole rings is 1. The number of aromatic nitrogens is 3. The summed E-state index contributed by atoms with van der Waals surface area (Å²) in [5, 5.41) is 7.00. The zero-order valence-corrected chi connectivity index (χ0v) is 16.4. The van der Waals surface area contributed by atoms with E-state index in [4.69, 9.17) is 0 Å². The summed E-state index contributed by atoms with van der Waals surface area (Å²) < 4.78 is 0. The third kappa shape index (κ3) is 4.91. The van der Waals surface area contributed by atoms with Crippen LogP contribution in [0.2, 0.25) is 0 Å². The molecule has 1 unspecified atom stereocenters. The van der Waals surface area contributed by atoms with Gasteiger partial charge in [-0.1, -0.05) is 0 Å². The third-order valence-electron chi connectivity index (χ3n) is 4.38. The monoisotopic (exact) mass is 374 g/mol. The van der Waals surface area contributed by atoms with Gasteiger partial charge in [0.2, 0.25) is 0 Å². The van der Waals surface area contributed by atoms with Crippen LogP contribution in [0, 0.1) is 19.8 Å². The van der Waals surface area contributed by atoms with E-state index in [-0.39, 0.29) is 6.03 Å². The molecule has 2 N–H and O–H groups in total. The highest BCUT2D eigenvalue weighted by molar-refractivity contribution is 7.15. The molecule has 140 valence electrons. The second kappa shape index (κ2) is 8.44. The molecule has 3 rings (SSSR count). The van der Waals surface area contributed by atoms with Gasteiger partial charge in [-0.05, 0) is 46.0 Å². The Balaban J connectivity index is 1.66. The molecule has 3 heterocycles. The standard InChI is InChI=1S/C18H26N6OS/c1-4-19-18(25)24-7-5-6-14(11-24)8-15-9-16(22-13(3)21-15)23-17-20-10-12(2)26-17/h9-10,14H,4-8,11H2,1-3H3,(H,19,25)(H,20,21,22,23). The molecule has 0 bridgehead atoms. The molecular formula is C18H26N6OS. The lowest BCUT2D eigenvalue weighted by atomic mass is 9.93. The highest BCUT2D eigenvalue weighted by atomic mass is 32.1. The molecule has 26 heavy (non-hydrogen) atoms. The average molecular weight is 375 g/mol. The number of nitrogens with zero attached hydrogens (tertiary/aromatic N) is 4. The summed E-state index contributed by atoms with van der Waals surface area (Å²) in [6.07, 6.45) is 4.85. The van der Waals surface area contributed by atoms with Gasteiger partial charge in [0.05, 0.1) is 0 Å². The Hall–Kier alpha value is -2.22. The minimum atomic E-state index is 0.0394. The molecule has 2 aromatic heterocycles. The van der Waals surface area contributed by atoms with Crippen LogP contribution in [-0.4, -0.2) is 45.5 Å². The van der Waals surface area contributed by atoms with E-state index >= 15 is 0 Å². The summed E-state index contributed by atoms with van der Waals surface area (Å²) in [5.41, 5.74) is 1.01. The second-order valence-electron chi connectivity index (χ2n) is 6.69. The zero-order chi connectivity index (χ0) is 18.5. The zero-order valence-electron chi connectivity index (χ0n) is 15.6. The minimum absolute atomic E-state index is 0.0394. The molecule has 2 amide bonds. The molecule has 8 heteroatoms. The summed E-state index contributed by atoms with van der Waals surface area (Å²) in [6, 6.07) is 2.03. The van der Waals surface area contributed by atoms with Gasteiger partial charge in [-0.15, -0.1) is 11.3 Å². The van der Waals surface area contributed by atoms with Crippen LogP contribution >= 0.6 is 11.3 Å². The maximum atomic E-state index is 12.1. The Morgan fingerprint density at radius 3 is 2.96 bits per heavy atom. The van der Waals surface area contributed by atoms with Crippen LogP contribution in [0.15, 0.2) is 12.3 Å². The number of carbonyl (C=O) groups excluding carboxylic acids is 1. The van der Waals surface area contributed by atoms with Crippen LogP contribution in [0.3, 0.4) is 0 Å². The first-order valence-electron chi connectivity index (χ1n) is 9.10. The molecule has 7 nitrogen and oxygen atoms in total. The topological polar surface area (TPSA) is 83.0 Å². The first kappa shape index (κ1) is 18.6. The molecule has 1 aliphatic heterocycles. The first-order chi connectivity index (χ1) is 12.5. The summed E-state index contributed by atoms with van der Waals surface area (Å²) >= 11 is 1.60. The van der Waals surface area contributed by atoms with Crippen molar-refractivity contribution in [1.29, 1.82) is 0 Å². The molecule has 1 aliphatic rings.